The van der Waals surface area contributed by atoms with E-state index in [9.17, 15) is 14.9 Å². The maximum atomic E-state index is 12.0. The highest BCUT2D eigenvalue weighted by Gasteiger charge is 2.10. The van der Waals surface area contributed by atoms with E-state index in [0.717, 1.165) is 28.2 Å². The number of carbonyl (C=O) groups excluding carboxylic acids is 1. The topological polar surface area (TPSA) is 110 Å². The van der Waals surface area contributed by atoms with Gasteiger partial charge < -0.3 is 5.32 Å². The van der Waals surface area contributed by atoms with Crippen LogP contribution in [0.4, 0.5) is 15.3 Å². The van der Waals surface area contributed by atoms with E-state index in [2.05, 4.69) is 20.5 Å². The summed E-state index contributed by atoms with van der Waals surface area (Å²) in [5.41, 5.74) is 0.905. The Balaban J connectivity index is 1.59. The molecule has 0 bridgehead atoms. The first-order valence-corrected chi connectivity index (χ1v) is 8.69. The average molecular weight is 373 g/mol. The van der Waals surface area contributed by atoms with Crippen LogP contribution in [0.15, 0.2) is 47.5 Å². The molecule has 8 nitrogen and oxygen atoms in total. The summed E-state index contributed by atoms with van der Waals surface area (Å²) in [5.74, 6) is -0.188. The second-order valence-electron chi connectivity index (χ2n) is 4.79. The Kier molecular flexibility index (Phi) is 5.21. The van der Waals surface area contributed by atoms with Gasteiger partial charge in [0.05, 0.1) is 16.2 Å². The van der Waals surface area contributed by atoms with Gasteiger partial charge in [0.25, 0.3) is 0 Å². The summed E-state index contributed by atoms with van der Waals surface area (Å²) in [6.45, 7) is 0. The number of hydrogen-bond acceptors (Lipinski definition) is 8. The molecule has 0 saturated heterocycles. The Labute approximate surface area is 150 Å². The first kappa shape index (κ1) is 16.9. The van der Waals surface area contributed by atoms with Crippen LogP contribution in [0, 0.1) is 10.1 Å². The molecule has 25 heavy (non-hydrogen) atoms. The molecule has 0 atom stereocenters. The second kappa shape index (κ2) is 7.73. The van der Waals surface area contributed by atoms with Gasteiger partial charge in [-0.05, 0) is 11.6 Å². The number of thiophene rings is 1. The van der Waals surface area contributed by atoms with Crippen LogP contribution in [0.2, 0.25) is 0 Å². The first-order chi connectivity index (χ1) is 12.1. The van der Waals surface area contributed by atoms with Crippen molar-refractivity contribution in [3.05, 3.63) is 63.0 Å². The molecule has 0 saturated carbocycles. The number of aliphatic imine (C=N–C) groups is 1. The Morgan fingerprint density at radius 3 is 2.72 bits per heavy atom. The van der Waals surface area contributed by atoms with Crippen molar-refractivity contribution in [2.45, 2.75) is 6.42 Å². The monoisotopic (exact) mass is 373 g/mol. The van der Waals surface area contributed by atoms with E-state index in [1.54, 1.807) is 6.07 Å². The Hall–Kier alpha value is -2.98. The zero-order valence-electron chi connectivity index (χ0n) is 12.7. The van der Waals surface area contributed by atoms with Gasteiger partial charge in [0.15, 0.2) is 0 Å². The number of nitrogens with zero attached hydrogens (tertiary/aromatic N) is 4. The fraction of sp³-hybridized carbons (Fsp3) is 0.0667. The van der Waals surface area contributed by atoms with Crippen LogP contribution in [0.25, 0.3) is 0 Å². The Morgan fingerprint density at radius 2 is 2.00 bits per heavy atom. The van der Waals surface area contributed by atoms with Crippen LogP contribution < -0.4 is 5.32 Å². The van der Waals surface area contributed by atoms with Crippen LogP contribution in [-0.2, 0) is 11.2 Å². The number of nitro groups is 1. The summed E-state index contributed by atoms with van der Waals surface area (Å²) in [6, 6.07) is 12.4. The number of benzene rings is 1. The highest BCUT2D eigenvalue weighted by molar-refractivity contribution is 7.19. The van der Waals surface area contributed by atoms with Gasteiger partial charge in [-0.3, -0.25) is 14.9 Å². The Morgan fingerprint density at radius 1 is 1.20 bits per heavy atom. The predicted octanol–water partition coefficient (Wildman–Crippen LogP) is 3.44. The minimum atomic E-state index is -0.451. The van der Waals surface area contributed by atoms with Gasteiger partial charge in [0.1, 0.15) is 0 Å². The summed E-state index contributed by atoms with van der Waals surface area (Å²) in [4.78, 5) is 26.9. The number of amides is 1. The molecule has 3 aromatic rings. The van der Waals surface area contributed by atoms with E-state index in [0.29, 0.717) is 15.1 Å². The molecule has 0 unspecified atom stereocenters. The van der Waals surface area contributed by atoms with E-state index in [1.165, 1.54) is 12.3 Å². The lowest BCUT2D eigenvalue weighted by molar-refractivity contribution is -0.380. The van der Waals surface area contributed by atoms with Gasteiger partial charge in [0, 0.05) is 12.3 Å². The molecule has 126 valence electrons. The molecule has 3 rings (SSSR count). The fourth-order valence-corrected chi connectivity index (χ4v) is 3.19. The number of rotatable bonds is 6. The van der Waals surface area contributed by atoms with Gasteiger partial charge in [-0.2, -0.15) is 0 Å². The molecule has 0 fully saturated rings. The SMILES string of the molecule is O=C(Cc1ccccc1)Nc1nnc(N=Cc2ccc([N+](=O)[O-])s2)s1. The molecule has 2 heterocycles. The van der Waals surface area contributed by atoms with Crippen molar-refractivity contribution in [3.8, 4) is 0 Å². The van der Waals surface area contributed by atoms with E-state index in [-0.39, 0.29) is 17.3 Å². The number of carbonyl (C=O) groups is 1. The molecule has 0 aliphatic rings. The minimum Gasteiger partial charge on any atom is -0.300 e. The Bertz CT molecular complexity index is 920. The standard InChI is InChI=1S/C15H11N5O3S2/c21-12(8-10-4-2-1-3-5-10)17-15-19-18-14(25-15)16-9-11-6-7-13(24-11)20(22)23/h1-7,9H,8H2,(H,17,19,21). The lowest BCUT2D eigenvalue weighted by atomic mass is 10.1. The van der Waals surface area contributed by atoms with Crippen molar-refractivity contribution in [2.75, 3.05) is 5.32 Å². The first-order valence-electron chi connectivity index (χ1n) is 7.06. The van der Waals surface area contributed by atoms with Crippen molar-refractivity contribution >= 4 is 50.1 Å². The summed E-state index contributed by atoms with van der Waals surface area (Å²) in [7, 11) is 0. The van der Waals surface area contributed by atoms with E-state index in [4.69, 9.17) is 0 Å². The molecule has 10 heteroatoms. The smallest absolute Gasteiger partial charge is 0.300 e. The lowest BCUT2D eigenvalue weighted by Crippen LogP contribution is -2.14. The van der Waals surface area contributed by atoms with Gasteiger partial charge in [-0.15, -0.1) is 10.2 Å². The molecule has 0 aliphatic carbocycles. The van der Waals surface area contributed by atoms with Gasteiger partial charge in [0.2, 0.25) is 16.2 Å². The summed E-state index contributed by atoms with van der Waals surface area (Å²) in [6.07, 6.45) is 1.73. The fourth-order valence-electron chi connectivity index (χ4n) is 1.89. The molecule has 0 radical (unpaired) electrons. The van der Waals surface area contributed by atoms with Gasteiger partial charge in [-0.1, -0.05) is 53.0 Å². The maximum absolute atomic E-state index is 12.0. The van der Waals surface area contributed by atoms with E-state index in [1.807, 2.05) is 30.3 Å². The zero-order valence-corrected chi connectivity index (χ0v) is 14.3. The third-order valence-electron chi connectivity index (χ3n) is 2.96. The molecule has 2 aromatic heterocycles. The second-order valence-corrected chi connectivity index (χ2v) is 6.84. The largest absolute Gasteiger partial charge is 0.324 e. The summed E-state index contributed by atoms with van der Waals surface area (Å²) >= 11 is 2.14. The molecule has 0 aliphatic heterocycles. The lowest BCUT2D eigenvalue weighted by Gasteiger charge is -2.00. The van der Waals surface area contributed by atoms with Crippen LogP contribution in [0.5, 0.6) is 0 Å². The normalized spacial score (nSPS) is 10.9. The number of anilines is 1. The highest BCUT2D eigenvalue weighted by atomic mass is 32.1. The summed E-state index contributed by atoms with van der Waals surface area (Å²) < 4.78 is 0. The molecule has 1 aromatic carbocycles. The molecular formula is C15H11N5O3S2. The highest BCUT2D eigenvalue weighted by Crippen LogP contribution is 2.25. The zero-order chi connectivity index (χ0) is 17.6. The van der Waals surface area contributed by atoms with Crippen LogP contribution in [0.1, 0.15) is 10.4 Å². The van der Waals surface area contributed by atoms with Gasteiger partial charge in [-0.25, -0.2) is 4.99 Å². The number of aromatic nitrogens is 2. The quantitative estimate of drug-likeness (QED) is 0.404. The van der Waals surface area contributed by atoms with E-state index < -0.39 is 4.92 Å². The minimum absolute atomic E-state index is 0.0487. The van der Waals surface area contributed by atoms with Crippen molar-refractivity contribution in [3.63, 3.8) is 0 Å². The maximum Gasteiger partial charge on any atom is 0.324 e. The molecule has 1 amide bonds. The van der Waals surface area contributed by atoms with Crippen molar-refractivity contribution in [1.82, 2.24) is 10.2 Å². The van der Waals surface area contributed by atoms with Crippen LogP contribution >= 0.6 is 22.7 Å². The van der Waals surface area contributed by atoms with Crippen molar-refractivity contribution < 1.29 is 9.72 Å². The predicted molar refractivity (Wildman–Crippen MR) is 96.9 cm³/mol. The van der Waals surface area contributed by atoms with Crippen molar-refractivity contribution in [2.24, 2.45) is 4.99 Å². The summed E-state index contributed by atoms with van der Waals surface area (Å²) in [5, 5.41) is 21.8. The van der Waals surface area contributed by atoms with E-state index >= 15 is 0 Å². The third-order valence-corrected chi connectivity index (χ3v) is 4.68. The average Bonchev–Trinajstić information content (AvgIpc) is 3.23. The number of hydrogen-bond donors (Lipinski definition) is 1. The molecule has 1 N–H and O–H groups in total. The molecular weight excluding hydrogens is 362 g/mol. The van der Waals surface area contributed by atoms with Crippen LogP contribution in [0.3, 0.4) is 0 Å². The van der Waals surface area contributed by atoms with Gasteiger partial charge >= 0.3 is 5.00 Å². The van der Waals surface area contributed by atoms with Crippen molar-refractivity contribution in [1.29, 1.82) is 0 Å². The molecule has 0 spiro atoms. The number of nitrogens with one attached hydrogen (secondary N) is 1. The third kappa shape index (κ3) is 4.75. The van der Waals surface area contributed by atoms with Crippen LogP contribution in [-0.4, -0.2) is 27.2 Å².